The molecular formula is C24H20N2O3S2. The monoisotopic (exact) mass is 448 g/mol. The van der Waals surface area contributed by atoms with E-state index < -0.39 is 10.0 Å². The van der Waals surface area contributed by atoms with E-state index >= 15 is 0 Å². The summed E-state index contributed by atoms with van der Waals surface area (Å²) in [7, 11) is -3.63. The van der Waals surface area contributed by atoms with Crippen molar-refractivity contribution < 1.29 is 13.2 Å². The number of sulfonamides is 1. The summed E-state index contributed by atoms with van der Waals surface area (Å²) in [5, 5.41) is 4.79. The van der Waals surface area contributed by atoms with Gasteiger partial charge in [-0.05, 0) is 46.8 Å². The Kier molecular flexibility index (Phi) is 6.16. The summed E-state index contributed by atoms with van der Waals surface area (Å²) in [6.07, 6.45) is 0. The van der Waals surface area contributed by atoms with Gasteiger partial charge in [-0.2, -0.15) is 0 Å². The van der Waals surface area contributed by atoms with Gasteiger partial charge in [-0.25, -0.2) is 8.42 Å². The lowest BCUT2D eigenvalue weighted by atomic mass is 9.98. The van der Waals surface area contributed by atoms with Gasteiger partial charge in [0.1, 0.15) is 4.21 Å². The largest absolute Gasteiger partial charge is 0.341 e. The molecule has 4 aromatic rings. The molecule has 0 saturated carbocycles. The van der Waals surface area contributed by atoms with Gasteiger partial charge in [0.05, 0.1) is 6.04 Å². The van der Waals surface area contributed by atoms with E-state index in [1.165, 1.54) is 0 Å². The minimum absolute atomic E-state index is 0.239. The van der Waals surface area contributed by atoms with Gasteiger partial charge in [0.25, 0.3) is 15.9 Å². The predicted octanol–water partition coefficient (Wildman–Crippen LogP) is 5.07. The van der Waals surface area contributed by atoms with Crippen LogP contribution in [-0.4, -0.2) is 14.3 Å². The molecule has 0 unspecified atom stereocenters. The van der Waals surface area contributed by atoms with E-state index in [0.29, 0.717) is 11.3 Å². The van der Waals surface area contributed by atoms with Gasteiger partial charge in [0.2, 0.25) is 0 Å². The fraction of sp³-hybridized carbons (Fsp3) is 0.0417. The second kappa shape index (κ2) is 9.16. The number of thiophene rings is 1. The average molecular weight is 449 g/mol. The second-order valence-corrected chi connectivity index (χ2v) is 9.70. The highest BCUT2D eigenvalue weighted by molar-refractivity contribution is 7.94. The summed E-state index contributed by atoms with van der Waals surface area (Å²) in [6, 6.07) is 28.8. The molecule has 31 heavy (non-hydrogen) atoms. The van der Waals surface area contributed by atoms with E-state index in [4.69, 9.17) is 0 Å². The SMILES string of the molecule is O=C(NC(c1ccccc1)c1ccccc1)c1ccc(NS(=O)(=O)c2cccs2)cc1. The smallest absolute Gasteiger partial charge is 0.271 e. The van der Waals surface area contributed by atoms with Crippen LogP contribution in [0.2, 0.25) is 0 Å². The number of hydrogen-bond donors (Lipinski definition) is 2. The molecule has 0 spiro atoms. The number of carbonyl (C=O) groups is 1. The van der Waals surface area contributed by atoms with Crippen molar-refractivity contribution in [1.82, 2.24) is 5.32 Å². The number of anilines is 1. The van der Waals surface area contributed by atoms with Crippen molar-refractivity contribution in [3.63, 3.8) is 0 Å². The van der Waals surface area contributed by atoms with Crippen LogP contribution in [0.25, 0.3) is 0 Å². The van der Waals surface area contributed by atoms with Crippen molar-refractivity contribution >= 4 is 33.0 Å². The zero-order valence-electron chi connectivity index (χ0n) is 16.4. The molecule has 156 valence electrons. The van der Waals surface area contributed by atoms with E-state index in [0.717, 1.165) is 22.5 Å². The van der Waals surface area contributed by atoms with Crippen LogP contribution in [-0.2, 0) is 10.0 Å². The summed E-state index contributed by atoms with van der Waals surface area (Å²) in [4.78, 5) is 12.9. The van der Waals surface area contributed by atoms with Crippen LogP contribution in [0.4, 0.5) is 5.69 Å². The number of rotatable bonds is 7. The number of carbonyl (C=O) groups excluding carboxylic acids is 1. The van der Waals surface area contributed by atoms with Gasteiger partial charge in [-0.15, -0.1) is 11.3 Å². The molecule has 0 aliphatic heterocycles. The minimum atomic E-state index is -3.63. The topological polar surface area (TPSA) is 75.3 Å². The molecule has 5 nitrogen and oxygen atoms in total. The molecule has 1 heterocycles. The van der Waals surface area contributed by atoms with Crippen LogP contribution >= 0.6 is 11.3 Å². The molecule has 1 amide bonds. The predicted molar refractivity (Wildman–Crippen MR) is 124 cm³/mol. The number of nitrogens with one attached hydrogen (secondary N) is 2. The second-order valence-electron chi connectivity index (χ2n) is 6.84. The molecule has 0 saturated heterocycles. The lowest BCUT2D eigenvalue weighted by molar-refractivity contribution is 0.0943. The van der Waals surface area contributed by atoms with E-state index in [9.17, 15) is 13.2 Å². The Balaban J connectivity index is 1.52. The Morgan fingerprint density at radius 3 is 1.84 bits per heavy atom. The first-order valence-electron chi connectivity index (χ1n) is 9.60. The summed E-state index contributed by atoms with van der Waals surface area (Å²) < 4.78 is 27.5. The summed E-state index contributed by atoms with van der Waals surface area (Å²) in [5.74, 6) is -0.245. The fourth-order valence-corrected chi connectivity index (χ4v) is 5.23. The first-order valence-corrected chi connectivity index (χ1v) is 12.0. The molecule has 0 atom stereocenters. The maximum absolute atomic E-state index is 12.9. The van der Waals surface area contributed by atoms with E-state index in [1.807, 2.05) is 60.7 Å². The third-order valence-corrected chi connectivity index (χ3v) is 7.48. The van der Waals surface area contributed by atoms with Gasteiger partial charge in [0, 0.05) is 11.3 Å². The quantitative estimate of drug-likeness (QED) is 0.415. The van der Waals surface area contributed by atoms with Crippen molar-refractivity contribution in [2.75, 3.05) is 4.72 Å². The third kappa shape index (κ3) is 5.02. The van der Waals surface area contributed by atoms with Gasteiger partial charge in [-0.3, -0.25) is 9.52 Å². The summed E-state index contributed by atoms with van der Waals surface area (Å²) in [6.45, 7) is 0. The van der Waals surface area contributed by atoms with Gasteiger partial charge < -0.3 is 5.32 Å². The number of benzene rings is 3. The maximum Gasteiger partial charge on any atom is 0.271 e. The minimum Gasteiger partial charge on any atom is -0.341 e. The Hall–Kier alpha value is -3.42. The van der Waals surface area contributed by atoms with Crippen LogP contribution in [0, 0.1) is 0 Å². The van der Waals surface area contributed by atoms with E-state index in [2.05, 4.69) is 10.0 Å². The molecule has 4 rings (SSSR count). The Labute approximate surface area is 185 Å². The zero-order chi connectivity index (χ0) is 21.7. The van der Waals surface area contributed by atoms with E-state index in [-0.39, 0.29) is 16.2 Å². The first kappa shape index (κ1) is 20.8. The third-order valence-electron chi connectivity index (χ3n) is 4.70. The zero-order valence-corrected chi connectivity index (χ0v) is 18.1. The van der Waals surface area contributed by atoms with Crippen molar-refractivity contribution in [2.45, 2.75) is 10.3 Å². The molecule has 0 fully saturated rings. The first-order chi connectivity index (χ1) is 15.0. The highest BCUT2D eigenvalue weighted by atomic mass is 32.2. The van der Waals surface area contributed by atoms with Crippen LogP contribution in [0.15, 0.2) is 107 Å². The normalized spacial score (nSPS) is 11.3. The van der Waals surface area contributed by atoms with Crippen molar-refractivity contribution in [2.24, 2.45) is 0 Å². The Morgan fingerprint density at radius 1 is 0.742 bits per heavy atom. The van der Waals surface area contributed by atoms with Crippen LogP contribution in [0.5, 0.6) is 0 Å². The van der Waals surface area contributed by atoms with Crippen molar-refractivity contribution in [1.29, 1.82) is 0 Å². The molecule has 0 radical (unpaired) electrons. The van der Waals surface area contributed by atoms with Gasteiger partial charge in [0.15, 0.2) is 0 Å². The Morgan fingerprint density at radius 2 is 1.32 bits per heavy atom. The molecule has 2 N–H and O–H groups in total. The molecule has 7 heteroatoms. The number of hydrogen-bond acceptors (Lipinski definition) is 4. The molecule has 0 bridgehead atoms. The van der Waals surface area contributed by atoms with E-state index in [1.54, 1.807) is 41.8 Å². The van der Waals surface area contributed by atoms with Gasteiger partial charge in [-0.1, -0.05) is 66.7 Å². The lowest BCUT2D eigenvalue weighted by Gasteiger charge is -2.20. The van der Waals surface area contributed by atoms with Crippen LogP contribution < -0.4 is 10.0 Å². The summed E-state index contributed by atoms with van der Waals surface area (Å²) >= 11 is 1.15. The summed E-state index contributed by atoms with van der Waals surface area (Å²) in [5.41, 5.74) is 2.79. The molecule has 0 aliphatic rings. The van der Waals surface area contributed by atoms with Crippen LogP contribution in [0.3, 0.4) is 0 Å². The number of amides is 1. The molecule has 3 aromatic carbocycles. The lowest BCUT2D eigenvalue weighted by Crippen LogP contribution is -2.29. The fourth-order valence-electron chi connectivity index (χ4n) is 3.18. The molecular weight excluding hydrogens is 428 g/mol. The highest BCUT2D eigenvalue weighted by Crippen LogP contribution is 2.23. The average Bonchev–Trinajstić information content (AvgIpc) is 3.35. The van der Waals surface area contributed by atoms with Crippen molar-refractivity contribution in [3.8, 4) is 0 Å². The standard InChI is InChI=1S/C24H20N2O3S2/c27-24(25-23(18-8-3-1-4-9-18)19-10-5-2-6-11-19)20-13-15-21(16-14-20)26-31(28,29)22-12-7-17-30-22/h1-17,23,26H,(H,25,27). The molecule has 1 aromatic heterocycles. The Bertz CT molecular complexity index is 1200. The highest BCUT2D eigenvalue weighted by Gasteiger charge is 2.18. The molecule has 0 aliphatic carbocycles. The van der Waals surface area contributed by atoms with Crippen LogP contribution in [0.1, 0.15) is 27.5 Å². The van der Waals surface area contributed by atoms with Crippen molar-refractivity contribution in [3.05, 3.63) is 119 Å². The maximum atomic E-state index is 12.9. The van der Waals surface area contributed by atoms with Gasteiger partial charge >= 0.3 is 0 Å².